The van der Waals surface area contributed by atoms with E-state index < -0.39 is 11.9 Å². The minimum atomic E-state index is -0.700. The molecule has 27 heavy (non-hydrogen) atoms. The molecule has 1 N–H and O–H groups in total. The van der Waals surface area contributed by atoms with Gasteiger partial charge in [-0.15, -0.1) is 11.8 Å². The number of amides is 2. The summed E-state index contributed by atoms with van der Waals surface area (Å²) in [5, 5.41) is 3.19. The maximum atomic E-state index is 14.0. The molecule has 0 aliphatic rings. The Morgan fingerprint density at radius 2 is 1.96 bits per heavy atom. The summed E-state index contributed by atoms with van der Waals surface area (Å²) in [7, 11) is 1.51. The van der Waals surface area contributed by atoms with Crippen molar-refractivity contribution in [1.29, 1.82) is 0 Å². The molecule has 1 atom stereocenters. The second-order valence-corrected chi connectivity index (χ2v) is 7.45. The van der Waals surface area contributed by atoms with E-state index in [9.17, 15) is 14.0 Å². The minimum absolute atomic E-state index is 0.0395. The van der Waals surface area contributed by atoms with Gasteiger partial charge in [0.2, 0.25) is 11.8 Å². The average molecular weight is 409 g/mol. The van der Waals surface area contributed by atoms with Gasteiger partial charge in [-0.3, -0.25) is 9.59 Å². The van der Waals surface area contributed by atoms with Gasteiger partial charge >= 0.3 is 0 Å². The van der Waals surface area contributed by atoms with Gasteiger partial charge in [-0.2, -0.15) is 0 Å². The van der Waals surface area contributed by atoms with Gasteiger partial charge in [0.1, 0.15) is 11.9 Å². The van der Waals surface area contributed by atoms with Gasteiger partial charge in [0.25, 0.3) is 0 Å². The monoisotopic (exact) mass is 408 g/mol. The van der Waals surface area contributed by atoms with Gasteiger partial charge in [0.15, 0.2) is 0 Å². The van der Waals surface area contributed by atoms with E-state index in [1.165, 1.54) is 29.8 Å². The summed E-state index contributed by atoms with van der Waals surface area (Å²) in [6, 6.07) is 13.0. The molecule has 0 saturated heterocycles. The van der Waals surface area contributed by atoms with E-state index >= 15 is 0 Å². The Kier molecular flexibility index (Phi) is 8.13. The highest BCUT2D eigenvalue weighted by Crippen LogP contribution is 2.19. The van der Waals surface area contributed by atoms with Crippen molar-refractivity contribution in [3.05, 3.63) is 70.5 Å². The lowest BCUT2D eigenvalue weighted by Crippen LogP contribution is -2.47. The number of hydrogen-bond acceptors (Lipinski definition) is 3. The van der Waals surface area contributed by atoms with Crippen molar-refractivity contribution < 1.29 is 14.0 Å². The van der Waals surface area contributed by atoms with Crippen LogP contribution < -0.4 is 5.32 Å². The molecule has 0 aromatic heterocycles. The highest BCUT2D eigenvalue weighted by molar-refractivity contribution is 7.99. The van der Waals surface area contributed by atoms with Crippen LogP contribution in [0.4, 0.5) is 4.39 Å². The van der Waals surface area contributed by atoms with Crippen molar-refractivity contribution in [1.82, 2.24) is 10.2 Å². The molecule has 2 aromatic carbocycles. The lowest BCUT2D eigenvalue weighted by atomic mass is 10.1. The molecule has 0 unspecified atom stereocenters. The molecule has 0 saturated carbocycles. The highest BCUT2D eigenvalue weighted by Gasteiger charge is 2.26. The molecular formula is C20H22ClFN2O2S. The quantitative estimate of drug-likeness (QED) is 0.721. The number of carbonyl (C=O) groups excluding carboxylic acids is 2. The maximum absolute atomic E-state index is 14.0. The van der Waals surface area contributed by atoms with Gasteiger partial charge in [0.05, 0.1) is 5.75 Å². The fourth-order valence-electron chi connectivity index (χ4n) is 2.57. The second-order valence-electron chi connectivity index (χ2n) is 6.03. The van der Waals surface area contributed by atoms with Crippen LogP contribution in [0.2, 0.25) is 5.02 Å². The number of nitrogens with one attached hydrogen (secondary N) is 1. The smallest absolute Gasteiger partial charge is 0.242 e. The van der Waals surface area contributed by atoms with E-state index in [0.29, 0.717) is 16.3 Å². The van der Waals surface area contributed by atoms with Gasteiger partial charge in [0, 0.05) is 29.9 Å². The zero-order chi connectivity index (χ0) is 19.8. The van der Waals surface area contributed by atoms with E-state index in [-0.39, 0.29) is 24.1 Å². The third kappa shape index (κ3) is 6.26. The summed E-state index contributed by atoms with van der Waals surface area (Å²) in [5.74, 6) is -0.108. The zero-order valence-corrected chi connectivity index (χ0v) is 16.8. The van der Waals surface area contributed by atoms with Crippen LogP contribution in [0.5, 0.6) is 0 Å². The van der Waals surface area contributed by atoms with Crippen LogP contribution >= 0.6 is 23.4 Å². The Bertz CT molecular complexity index is 803. The predicted octanol–water partition coefficient (Wildman–Crippen LogP) is 3.88. The first-order valence-electron chi connectivity index (χ1n) is 8.49. The Hall–Kier alpha value is -2.05. The summed E-state index contributed by atoms with van der Waals surface area (Å²) in [5.41, 5.74) is 1.39. The van der Waals surface area contributed by atoms with E-state index in [1.54, 1.807) is 31.2 Å². The standard InChI is InChI=1S/C20H22ClFN2O2S/c1-14(20(26)23-2)24(11-16-7-3-4-9-18(16)22)19(25)13-27-12-15-6-5-8-17(21)10-15/h3-10,14H,11-13H2,1-2H3,(H,23,26)/t14-/m0/s1. The molecule has 2 rings (SSSR count). The largest absolute Gasteiger partial charge is 0.357 e. The van der Waals surface area contributed by atoms with Crippen LogP contribution in [-0.2, 0) is 21.9 Å². The first-order chi connectivity index (χ1) is 12.9. The second kappa shape index (κ2) is 10.3. The fourth-order valence-corrected chi connectivity index (χ4v) is 3.64. The third-order valence-electron chi connectivity index (χ3n) is 4.10. The van der Waals surface area contributed by atoms with E-state index in [1.807, 2.05) is 18.2 Å². The van der Waals surface area contributed by atoms with Crippen LogP contribution in [0.15, 0.2) is 48.5 Å². The number of likely N-dealkylation sites (N-methyl/N-ethyl adjacent to an activating group) is 1. The molecule has 0 aliphatic heterocycles. The van der Waals surface area contributed by atoms with Crippen molar-refractivity contribution in [3.8, 4) is 0 Å². The predicted molar refractivity (Wildman–Crippen MR) is 108 cm³/mol. The number of carbonyl (C=O) groups is 2. The molecule has 4 nitrogen and oxygen atoms in total. The highest BCUT2D eigenvalue weighted by atomic mass is 35.5. The van der Waals surface area contributed by atoms with Crippen LogP contribution in [0.1, 0.15) is 18.1 Å². The van der Waals surface area contributed by atoms with Crippen molar-refractivity contribution >= 4 is 35.2 Å². The molecule has 0 radical (unpaired) electrons. The van der Waals surface area contributed by atoms with E-state index in [2.05, 4.69) is 5.32 Å². The zero-order valence-electron chi connectivity index (χ0n) is 15.2. The first kappa shape index (κ1) is 21.3. The van der Waals surface area contributed by atoms with Gasteiger partial charge in [-0.1, -0.05) is 41.9 Å². The average Bonchev–Trinajstić information content (AvgIpc) is 2.66. The molecule has 2 aromatic rings. The van der Waals surface area contributed by atoms with Crippen molar-refractivity contribution in [3.63, 3.8) is 0 Å². The van der Waals surface area contributed by atoms with Gasteiger partial charge in [-0.25, -0.2) is 4.39 Å². The lowest BCUT2D eigenvalue weighted by molar-refractivity contribution is -0.138. The van der Waals surface area contributed by atoms with Crippen LogP contribution in [-0.4, -0.2) is 35.6 Å². The Morgan fingerprint density at radius 3 is 2.63 bits per heavy atom. The van der Waals surface area contributed by atoms with Crippen molar-refractivity contribution in [2.24, 2.45) is 0 Å². The summed E-state index contributed by atoms with van der Waals surface area (Å²) >= 11 is 7.40. The normalized spacial score (nSPS) is 11.7. The van der Waals surface area contributed by atoms with Crippen molar-refractivity contribution in [2.75, 3.05) is 12.8 Å². The third-order valence-corrected chi connectivity index (χ3v) is 5.32. The summed E-state index contributed by atoms with van der Waals surface area (Å²) in [6.45, 7) is 1.68. The fraction of sp³-hybridized carbons (Fsp3) is 0.300. The molecular weight excluding hydrogens is 387 g/mol. The number of rotatable bonds is 8. The van der Waals surface area contributed by atoms with Crippen LogP contribution in [0.3, 0.4) is 0 Å². The lowest BCUT2D eigenvalue weighted by Gasteiger charge is -2.28. The molecule has 2 amide bonds. The Balaban J connectivity index is 2.06. The number of thioether (sulfide) groups is 1. The molecule has 0 aliphatic carbocycles. The van der Waals surface area contributed by atoms with E-state index in [4.69, 9.17) is 11.6 Å². The van der Waals surface area contributed by atoms with Crippen LogP contribution in [0.25, 0.3) is 0 Å². The SMILES string of the molecule is CNC(=O)[C@H](C)N(Cc1ccccc1F)C(=O)CSCc1cccc(Cl)c1. The Labute approximate surface area is 168 Å². The number of hydrogen-bond donors (Lipinski definition) is 1. The summed E-state index contributed by atoms with van der Waals surface area (Å²) in [6.07, 6.45) is 0. The number of halogens is 2. The first-order valence-corrected chi connectivity index (χ1v) is 10.0. The molecule has 0 bridgehead atoms. The molecule has 0 heterocycles. The molecule has 144 valence electrons. The van der Waals surface area contributed by atoms with Crippen molar-refractivity contribution in [2.45, 2.75) is 25.3 Å². The minimum Gasteiger partial charge on any atom is -0.357 e. The summed E-state index contributed by atoms with van der Waals surface area (Å²) in [4.78, 5) is 26.2. The van der Waals surface area contributed by atoms with Gasteiger partial charge < -0.3 is 10.2 Å². The molecule has 0 spiro atoms. The number of benzene rings is 2. The summed E-state index contributed by atoms with van der Waals surface area (Å²) < 4.78 is 14.0. The maximum Gasteiger partial charge on any atom is 0.242 e. The molecule has 0 fully saturated rings. The Morgan fingerprint density at radius 1 is 1.22 bits per heavy atom. The van der Waals surface area contributed by atoms with E-state index in [0.717, 1.165) is 5.56 Å². The molecule has 7 heteroatoms. The topological polar surface area (TPSA) is 49.4 Å². The van der Waals surface area contributed by atoms with Crippen LogP contribution in [0, 0.1) is 5.82 Å². The van der Waals surface area contributed by atoms with Gasteiger partial charge in [-0.05, 0) is 30.7 Å². The number of nitrogens with zero attached hydrogens (tertiary/aromatic N) is 1.